The molecule has 4 heteroatoms. The van der Waals surface area contributed by atoms with Crippen molar-refractivity contribution in [3.05, 3.63) is 29.8 Å². The lowest BCUT2D eigenvalue weighted by Gasteiger charge is -2.30. The highest BCUT2D eigenvalue weighted by atomic mass is 79.9. The van der Waals surface area contributed by atoms with Gasteiger partial charge in [-0.25, -0.2) is 0 Å². The van der Waals surface area contributed by atoms with Crippen LogP contribution >= 0.6 is 15.9 Å². The van der Waals surface area contributed by atoms with E-state index in [4.69, 9.17) is 4.74 Å². The molecule has 0 heterocycles. The van der Waals surface area contributed by atoms with Crippen molar-refractivity contribution < 1.29 is 9.53 Å². The van der Waals surface area contributed by atoms with Gasteiger partial charge in [-0.15, -0.1) is 0 Å². The Balaban J connectivity index is 1.87. The highest BCUT2D eigenvalue weighted by Crippen LogP contribution is 2.30. The van der Waals surface area contributed by atoms with Gasteiger partial charge in [0.25, 0.3) is 5.91 Å². The second-order valence-corrected chi connectivity index (χ2v) is 6.04. The van der Waals surface area contributed by atoms with Crippen molar-refractivity contribution in [1.82, 2.24) is 5.32 Å². The van der Waals surface area contributed by atoms with Crippen LogP contribution in [0.15, 0.2) is 24.3 Å². The summed E-state index contributed by atoms with van der Waals surface area (Å²) in [5.41, 5.74) is 0.692. The normalized spacial score (nSPS) is 22.3. The van der Waals surface area contributed by atoms with Gasteiger partial charge < -0.3 is 10.1 Å². The second-order valence-electron chi connectivity index (χ2n) is 5.40. The van der Waals surface area contributed by atoms with Gasteiger partial charge in [0.05, 0.1) is 7.11 Å². The standard InChI is InChI=1S/C16H22BrNO2/c1-20-15-8-6-12(7-9-15)16(19)18-11-14-5-3-2-4-13(14)10-17/h6-9,13-14H,2-5,10-11H2,1H3,(H,18,19). The van der Waals surface area contributed by atoms with E-state index < -0.39 is 0 Å². The van der Waals surface area contributed by atoms with Crippen LogP contribution in [0.4, 0.5) is 0 Å². The average Bonchev–Trinajstić information content (AvgIpc) is 2.53. The maximum atomic E-state index is 12.1. The number of hydrogen-bond donors (Lipinski definition) is 1. The predicted octanol–water partition coefficient (Wildman–Crippen LogP) is 3.63. The van der Waals surface area contributed by atoms with E-state index in [0.717, 1.165) is 17.6 Å². The van der Waals surface area contributed by atoms with E-state index in [2.05, 4.69) is 21.2 Å². The van der Waals surface area contributed by atoms with Gasteiger partial charge in [-0.3, -0.25) is 4.79 Å². The number of amides is 1. The molecule has 1 aromatic rings. The van der Waals surface area contributed by atoms with Gasteiger partial charge >= 0.3 is 0 Å². The summed E-state index contributed by atoms with van der Waals surface area (Å²) < 4.78 is 5.10. The maximum absolute atomic E-state index is 12.1. The van der Waals surface area contributed by atoms with Crippen LogP contribution in [-0.4, -0.2) is 24.9 Å². The van der Waals surface area contributed by atoms with Crippen molar-refractivity contribution in [3.63, 3.8) is 0 Å². The molecule has 0 spiro atoms. The van der Waals surface area contributed by atoms with Gasteiger partial charge in [0.1, 0.15) is 5.75 Å². The first-order valence-corrected chi connectivity index (χ1v) is 8.35. The Labute approximate surface area is 129 Å². The molecule has 20 heavy (non-hydrogen) atoms. The van der Waals surface area contributed by atoms with Crippen molar-refractivity contribution >= 4 is 21.8 Å². The Bertz CT molecular complexity index is 433. The number of nitrogens with one attached hydrogen (secondary N) is 1. The van der Waals surface area contributed by atoms with E-state index in [-0.39, 0.29) is 5.91 Å². The van der Waals surface area contributed by atoms with E-state index in [9.17, 15) is 4.79 Å². The zero-order valence-corrected chi connectivity index (χ0v) is 13.5. The SMILES string of the molecule is COc1ccc(C(=O)NCC2CCCCC2CBr)cc1. The Kier molecular flexibility index (Phi) is 5.89. The summed E-state index contributed by atoms with van der Waals surface area (Å²) in [5, 5.41) is 4.11. The van der Waals surface area contributed by atoms with Crippen LogP contribution in [0.5, 0.6) is 5.75 Å². The lowest BCUT2D eigenvalue weighted by atomic mass is 9.80. The highest BCUT2D eigenvalue weighted by molar-refractivity contribution is 9.09. The van der Waals surface area contributed by atoms with Crippen LogP contribution < -0.4 is 10.1 Å². The second kappa shape index (κ2) is 7.67. The molecule has 1 aliphatic rings. The summed E-state index contributed by atoms with van der Waals surface area (Å²) in [7, 11) is 1.62. The minimum Gasteiger partial charge on any atom is -0.497 e. The molecule has 0 saturated heterocycles. The van der Waals surface area contributed by atoms with Gasteiger partial charge in [-0.05, 0) is 48.9 Å². The number of carbonyl (C=O) groups is 1. The third-order valence-corrected chi connectivity index (χ3v) is 4.97. The largest absolute Gasteiger partial charge is 0.497 e. The Morgan fingerprint density at radius 3 is 2.50 bits per heavy atom. The van der Waals surface area contributed by atoms with Crippen molar-refractivity contribution in [2.45, 2.75) is 25.7 Å². The van der Waals surface area contributed by atoms with Gasteiger partial charge in [0.2, 0.25) is 0 Å². The molecule has 2 atom stereocenters. The first-order valence-electron chi connectivity index (χ1n) is 7.23. The first-order chi connectivity index (χ1) is 9.74. The number of hydrogen-bond acceptors (Lipinski definition) is 2. The molecular weight excluding hydrogens is 318 g/mol. The predicted molar refractivity (Wildman–Crippen MR) is 84.6 cm³/mol. The first kappa shape index (κ1) is 15.4. The smallest absolute Gasteiger partial charge is 0.251 e. The number of rotatable bonds is 5. The molecule has 1 aromatic carbocycles. The molecule has 1 saturated carbocycles. The van der Waals surface area contributed by atoms with Crippen molar-refractivity contribution in [2.24, 2.45) is 11.8 Å². The summed E-state index contributed by atoms with van der Waals surface area (Å²) in [5.74, 6) is 2.07. The zero-order chi connectivity index (χ0) is 14.4. The van der Waals surface area contributed by atoms with Crippen molar-refractivity contribution in [2.75, 3.05) is 19.0 Å². The Morgan fingerprint density at radius 2 is 1.90 bits per heavy atom. The van der Waals surface area contributed by atoms with Crippen LogP contribution in [-0.2, 0) is 0 Å². The molecule has 0 aromatic heterocycles. The molecule has 1 N–H and O–H groups in total. The topological polar surface area (TPSA) is 38.3 Å². The van der Waals surface area contributed by atoms with Gasteiger partial charge in [-0.2, -0.15) is 0 Å². The minimum absolute atomic E-state index is 0.00606. The quantitative estimate of drug-likeness (QED) is 0.832. The van der Waals surface area contributed by atoms with E-state index >= 15 is 0 Å². The molecule has 0 radical (unpaired) electrons. The summed E-state index contributed by atoms with van der Waals surface area (Å²) in [4.78, 5) is 12.1. The molecule has 110 valence electrons. The average molecular weight is 340 g/mol. The lowest BCUT2D eigenvalue weighted by Crippen LogP contribution is -2.34. The van der Waals surface area contributed by atoms with E-state index in [1.54, 1.807) is 19.2 Å². The van der Waals surface area contributed by atoms with E-state index in [0.29, 0.717) is 17.4 Å². The van der Waals surface area contributed by atoms with E-state index in [1.165, 1.54) is 25.7 Å². The molecule has 1 amide bonds. The molecule has 1 aliphatic carbocycles. The Morgan fingerprint density at radius 1 is 1.25 bits per heavy atom. The number of halogens is 1. The highest BCUT2D eigenvalue weighted by Gasteiger charge is 2.24. The van der Waals surface area contributed by atoms with Gasteiger partial charge in [0.15, 0.2) is 0 Å². The maximum Gasteiger partial charge on any atom is 0.251 e. The molecule has 0 bridgehead atoms. The third-order valence-electron chi connectivity index (χ3n) is 4.14. The monoisotopic (exact) mass is 339 g/mol. The number of ether oxygens (including phenoxy) is 1. The van der Waals surface area contributed by atoms with Crippen LogP contribution in [0, 0.1) is 11.8 Å². The fourth-order valence-electron chi connectivity index (χ4n) is 2.82. The van der Waals surface area contributed by atoms with Gasteiger partial charge in [0, 0.05) is 17.4 Å². The third kappa shape index (κ3) is 3.98. The van der Waals surface area contributed by atoms with Crippen LogP contribution in [0.2, 0.25) is 0 Å². The van der Waals surface area contributed by atoms with Crippen molar-refractivity contribution in [3.8, 4) is 5.75 Å². The molecule has 0 aliphatic heterocycles. The van der Waals surface area contributed by atoms with Gasteiger partial charge in [-0.1, -0.05) is 28.8 Å². The van der Waals surface area contributed by atoms with E-state index in [1.807, 2.05) is 12.1 Å². The Hall–Kier alpha value is -1.03. The number of methoxy groups -OCH3 is 1. The minimum atomic E-state index is 0.00606. The number of alkyl halides is 1. The number of benzene rings is 1. The summed E-state index contributed by atoms with van der Waals surface area (Å²) in [6.45, 7) is 0.779. The lowest BCUT2D eigenvalue weighted by molar-refractivity contribution is 0.0937. The fraction of sp³-hybridized carbons (Fsp3) is 0.562. The summed E-state index contributed by atoms with van der Waals surface area (Å²) >= 11 is 3.59. The molecule has 2 unspecified atom stereocenters. The van der Waals surface area contributed by atoms with Crippen LogP contribution in [0.25, 0.3) is 0 Å². The molecular formula is C16H22BrNO2. The zero-order valence-electron chi connectivity index (χ0n) is 11.9. The summed E-state index contributed by atoms with van der Waals surface area (Å²) in [6, 6.07) is 7.24. The number of carbonyl (C=O) groups excluding carboxylic acids is 1. The fourth-order valence-corrected chi connectivity index (χ4v) is 3.68. The summed E-state index contributed by atoms with van der Waals surface area (Å²) in [6.07, 6.45) is 5.10. The van der Waals surface area contributed by atoms with Crippen LogP contribution in [0.3, 0.4) is 0 Å². The van der Waals surface area contributed by atoms with Crippen LogP contribution in [0.1, 0.15) is 36.0 Å². The molecule has 2 rings (SSSR count). The molecule has 1 fully saturated rings. The molecule has 3 nitrogen and oxygen atoms in total. The van der Waals surface area contributed by atoms with Crippen molar-refractivity contribution in [1.29, 1.82) is 0 Å².